The van der Waals surface area contributed by atoms with Crippen LogP contribution < -0.4 is 21.3 Å². The minimum Gasteiger partial charge on any atom is -0.481 e. The fraction of sp³-hybridized carbons (Fsp3) is 0.818. The zero-order valence-electron chi connectivity index (χ0n) is 25.2. The van der Waals surface area contributed by atoms with Gasteiger partial charge in [0.1, 0.15) is 5.78 Å². The normalized spacial score (nSPS) is 50.1. The Morgan fingerprint density at radius 1 is 0.925 bits per heavy atom. The highest BCUT2D eigenvalue weighted by Crippen LogP contribution is 2.48. The van der Waals surface area contributed by atoms with Gasteiger partial charge in [0, 0.05) is 67.1 Å². The number of ketones is 1. The Balaban J connectivity index is 1.36. The minimum absolute atomic E-state index is 0.0698. The molecule has 222 valence electrons. The first kappa shape index (κ1) is 28.6. The molecule has 5 N–H and O–H groups in total. The monoisotopic (exact) mass is 552 g/mol. The molecular weight excluding hydrogens is 500 g/mol. The molecule has 40 heavy (non-hydrogen) atoms. The highest BCUT2D eigenvalue weighted by atomic mass is 16.4. The Bertz CT molecular complexity index is 1060. The van der Waals surface area contributed by atoms with E-state index in [4.69, 9.17) is 0 Å². The molecule has 0 radical (unpaired) electrons. The molecule has 15 atom stereocenters. The number of fused-ring (bicyclic) bond motifs is 8. The van der Waals surface area contributed by atoms with E-state index in [1.54, 1.807) is 5.57 Å². The first-order valence-electron chi connectivity index (χ1n) is 16.2. The first-order chi connectivity index (χ1) is 19.1. The van der Waals surface area contributed by atoms with E-state index in [-0.39, 0.29) is 36.3 Å². The van der Waals surface area contributed by atoms with Crippen LogP contribution in [0.25, 0.3) is 0 Å². The maximum atomic E-state index is 13.6. The summed E-state index contributed by atoms with van der Waals surface area (Å²) in [6.45, 7) is 15.9. The molecule has 0 aromatic rings. The van der Waals surface area contributed by atoms with Gasteiger partial charge in [-0.05, 0) is 74.5 Å². The summed E-state index contributed by atoms with van der Waals surface area (Å²) in [7, 11) is 0. The number of carboxylic acid groups (broad SMARTS) is 1. The number of hydrogen-bond donors (Lipinski definition) is 5. The predicted molar refractivity (Wildman–Crippen MR) is 158 cm³/mol. The van der Waals surface area contributed by atoms with Gasteiger partial charge in [0.05, 0.1) is 0 Å². The second kappa shape index (κ2) is 10.9. The van der Waals surface area contributed by atoms with E-state index < -0.39 is 5.97 Å². The first-order valence-corrected chi connectivity index (χ1v) is 16.2. The molecule has 7 heteroatoms. The molecule has 4 saturated heterocycles. The quantitative estimate of drug-likeness (QED) is 0.332. The van der Waals surface area contributed by atoms with Crippen molar-refractivity contribution in [3.8, 4) is 0 Å². The lowest BCUT2D eigenvalue weighted by Crippen LogP contribution is -2.48. The number of Topliss-reactive ketones (excluding diaryl/α,β-unsaturated/α-hetero) is 1. The summed E-state index contributed by atoms with van der Waals surface area (Å²) in [5, 5.41) is 25.8. The van der Waals surface area contributed by atoms with Crippen LogP contribution in [0.1, 0.15) is 79.6 Å². The third-order valence-electron chi connectivity index (χ3n) is 12.7. The molecule has 0 amide bonds. The molecule has 1 aliphatic carbocycles. The fourth-order valence-electron chi connectivity index (χ4n) is 10.5. The van der Waals surface area contributed by atoms with Crippen LogP contribution in [0.15, 0.2) is 23.8 Å². The van der Waals surface area contributed by atoms with Crippen molar-refractivity contribution < 1.29 is 14.7 Å². The summed E-state index contributed by atoms with van der Waals surface area (Å²) in [5.74, 6) is 1.85. The summed E-state index contributed by atoms with van der Waals surface area (Å²) in [6.07, 6.45) is 7.85. The number of carbonyl (C=O) groups is 2. The summed E-state index contributed by atoms with van der Waals surface area (Å²) in [5.41, 5.74) is 3.08. The lowest BCUT2D eigenvalue weighted by Gasteiger charge is -2.31. The standard InChI is InChI=1S/C33H52N4O3/c1-7-19-15(3)23-12-25-17(5)21(9-10-30(39)40)32(36-25)22-11-29(38)31-18(6)26(37-33(22)31)14-28-20(8-2)16(4)24(35-28)13-27(19)34-23/h7,15,17-19,21-28,31-37H,1,8-14H2,2-6H3,(H,39,40)/t15?,17-,18?,19?,21-,22?,23?,24?,25?,26?,27?,28?,31?,32?,33?/m1/s1. The molecule has 1 saturated carbocycles. The Kier molecular flexibility index (Phi) is 7.82. The van der Waals surface area contributed by atoms with Crippen molar-refractivity contribution >= 4 is 11.8 Å². The van der Waals surface area contributed by atoms with Crippen molar-refractivity contribution in [1.82, 2.24) is 21.3 Å². The molecule has 0 aromatic heterocycles. The molecule has 6 aliphatic rings. The average molecular weight is 553 g/mol. The Hall–Kier alpha value is -1.54. The summed E-state index contributed by atoms with van der Waals surface area (Å²) in [4.78, 5) is 25.2. The van der Waals surface area contributed by atoms with Crippen molar-refractivity contribution in [2.45, 2.75) is 128 Å². The van der Waals surface area contributed by atoms with Crippen LogP contribution in [-0.2, 0) is 9.59 Å². The van der Waals surface area contributed by atoms with Gasteiger partial charge in [-0.1, -0.05) is 44.9 Å². The zero-order valence-corrected chi connectivity index (χ0v) is 25.2. The highest BCUT2D eigenvalue weighted by molar-refractivity contribution is 5.85. The van der Waals surface area contributed by atoms with Crippen LogP contribution in [-0.4, -0.2) is 65.2 Å². The predicted octanol–water partition coefficient (Wildman–Crippen LogP) is 3.66. The third kappa shape index (κ3) is 4.63. The zero-order chi connectivity index (χ0) is 28.5. The van der Waals surface area contributed by atoms with E-state index in [2.05, 4.69) is 68.5 Å². The van der Waals surface area contributed by atoms with Gasteiger partial charge in [-0.2, -0.15) is 0 Å². The van der Waals surface area contributed by atoms with Gasteiger partial charge in [0.25, 0.3) is 0 Å². The van der Waals surface area contributed by atoms with Crippen molar-refractivity contribution in [1.29, 1.82) is 0 Å². The molecule has 0 spiro atoms. The smallest absolute Gasteiger partial charge is 0.303 e. The number of carboxylic acids is 1. The third-order valence-corrected chi connectivity index (χ3v) is 12.7. The lowest BCUT2D eigenvalue weighted by atomic mass is 9.77. The van der Waals surface area contributed by atoms with Gasteiger partial charge >= 0.3 is 5.97 Å². The molecule has 5 fully saturated rings. The lowest BCUT2D eigenvalue weighted by molar-refractivity contribution is -0.137. The Morgan fingerprint density at radius 3 is 2.30 bits per heavy atom. The van der Waals surface area contributed by atoms with Crippen LogP contribution in [0, 0.1) is 41.4 Å². The van der Waals surface area contributed by atoms with Crippen molar-refractivity contribution in [2.24, 2.45) is 41.4 Å². The van der Waals surface area contributed by atoms with Crippen LogP contribution >= 0.6 is 0 Å². The van der Waals surface area contributed by atoms with Gasteiger partial charge in [-0.25, -0.2) is 0 Å². The average Bonchev–Trinajstić information content (AvgIpc) is 3.65. The maximum absolute atomic E-state index is 13.6. The SMILES string of the molecule is C=CC1C2CC3NC(CC4NC5C(CC(=O)C5C4C)C4NC(CC(N2)C1C)[C@H](C)[C@H]4CCC(=O)O)C(CC)=C3C. The minimum atomic E-state index is -0.721. The topological polar surface area (TPSA) is 102 Å². The van der Waals surface area contributed by atoms with Gasteiger partial charge in [0.2, 0.25) is 0 Å². The van der Waals surface area contributed by atoms with Crippen LogP contribution in [0.2, 0.25) is 0 Å². The molecule has 5 heterocycles. The molecule has 13 unspecified atom stereocenters. The van der Waals surface area contributed by atoms with E-state index in [9.17, 15) is 14.7 Å². The summed E-state index contributed by atoms with van der Waals surface area (Å²) in [6, 6.07) is 2.48. The molecule has 6 rings (SSSR count). The molecule has 7 nitrogen and oxygen atoms in total. The van der Waals surface area contributed by atoms with Gasteiger partial charge in [-0.15, -0.1) is 6.58 Å². The number of aliphatic carboxylic acids is 1. The van der Waals surface area contributed by atoms with E-state index in [1.807, 2.05) is 0 Å². The van der Waals surface area contributed by atoms with E-state index in [0.29, 0.717) is 78.5 Å². The van der Waals surface area contributed by atoms with Crippen LogP contribution in [0.4, 0.5) is 0 Å². The van der Waals surface area contributed by atoms with Crippen molar-refractivity contribution in [3.63, 3.8) is 0 Å². The van der Waals surface area contributed by atoms with E-state index in [1.165, 1.54) is 5.57 Å². The number of rotatable bonds is 5. The van der Waals surface area contributed by atoms with Gasteiger partial charge < -0.3 is 26.4 Å². The second-order valence-corrected chi connectivity index (χ2v) is 14.4. The molecular formula is C33H52N4O3. The number of hydrogen-bond acceptors (Lipinski definition) is 6. The number of carbonyl (C=O) groups excluding carboxylic acids is 1. The van der Waals surface area contributed by atoms with Gasteiger partial charge in [-0.3, -0.25) is 9.59 Å². The fourth-order valence-corrected chi connectivity index (χ4v) is 10.5. The molecule has 5 aliphatic heterocycles. The molecule has 8 bridgehead atoms. The summed E-state index contributed by atoms with van der Waals surface area (Å²) >= 11 is 0. The highest BCUT2D eigenvalue weighted by Gasteiger charge is 2.58. The van der Waals surface area contributed by atoms with E-state index in [0.717, 1.165) is 25.7 Å². The van der Waals surface area contributed by atoms with E-state index >= 15 is 0 Å². The Morgan fingerprint density at radius 2 is 1.60 bits per heavy atom. The summed E-state index contributed by atoms with van der Waals surface area (Å²) < 4.78 is 0. The molecule has 0 aromatic carbocycles. The Labute approximate surface area is 240 Å². The number of nitrogens with one attached hydrogen (secondary N) is 4. The largest absolute Gasteiger partial charge is 0.481 e. The van der Waals surface area contributed by atoms with Crippen LogP contribution in [0.5, 0.6) is 0 Å². The van der Waals surface area contributed by atoms with Crippen molar-refractivity contribution in [3.05, 3.63) is 23.8 Å². The van der Waals surface area contributed by atoms with Crippen molar-refractivity contribution in [2.75, 3.05) is 0 Å². The van der Waals surface area contributed by atoms with Crippen LogP contribution in [0.3, 0.4) is 0 Å². The maximum Gasteiger partial charge on any atom is 0.303 e. The van der Waals surface area contributed by atoms with Gasteiger partial charge in [0.15, 0.2) is 0 Å². The second-order valence-electron chi connectivity index (χ2n) is 14.4.